The number of carbonyl (C=O) groups excluding carboxylic acids is 1. The van der Waals surface area contributed by atoms with Crippen LogP contribution < -0.4 is 9.47 Å². The van der Waals surface area contributed by atoms with Crippen LogP contribution >= 0.6 is 0 Å². The lowest BCUT2D eigenvalue weighted by Crippen LogP contribution is -2.16. The zero-order valence-corrected chi connectivity index (χ0v) is 16.2. The predicted molar refractivity (Wildman–Crippen MR) is 99.9 cm³/mol. The second-order valence-electron chi connectivity index (χ2n) is 5.78. The monoisotopic (exact) mass is 404 g/mol. The molecule has 28 heavy (non-hydrogen) atoms. The molecule has 0 atom stereocenters. The van der Waals surface area contributed by atoms with Gasteiger partial charge in [-0.15, -0.1) is 0 Å². The molecule has 0 aliphatic heterocycles. The van der Waals surface area contributed by atoms with Crippen molar-refractivity contribution in [2.75, 3.05) is 14.2 Å². The molecule has 0 amide bonds. The van der Waals surface area contributed by atoms with E-state index in [4.69, 9.17) is 9.47 Å². The average Bonchev–Trinajstić information content (AvgIpc) is 3.00. The first-order chi connectivity index (χ1) is 13.4. The number of ether oxygens (including phenoxy) is 2. The Labute approximate surface area is 161 Å². The summed E-state index contributed by atoms with van der Waals surface area (Å²) >= 11 is 0. The van der Waals surface area contributed by atoms with E-state index in [1.807, 2.05) is 0 Å². The summed E-state index contributed by atoms with van der Waals surface area (Å²) in [4.78, 5) is 15.4. The van der Waals surface area contributed by atoms with E-state index in [0.717, 1.165) is 10.2 Å². The Balaban J connectivity index is 2.38. The Hall–Kier alpha value is -3.20. The fourth-order valence-electron chi connectivity index (χ4n) is 2.94. The van der Waals surface area contributed by atoms with Gasteiger partial charge in [-0.2, -0.15) is 0 Å². The van der Waals surface area contributed by atoms with Crippen molar-refractivity contribution in [1.29, 1.82) is 0 Å². The Kier molecular flexibility index (Phi) is 5.19. The lowest BCUT2D eigenvalue weighted by Gasteiger charge is -2.14. The van der Waals surface area contributed by atoms with E-state index >= 15 is 0 Å². The second-order valence-corrected chi connectivity index (χ2v) is 7.57. The van der Waals surface area contributed by atoms with Gasteiger partial charge in [-0.3, -0.25) is 4.79 Å². The normalized spacial score (nSPS) is 11.3. The van der Waals surface area contributed by atoms with E-state index in [0.29, 0.717) is 6.29 Å². The number of nitrogens with zero attached hydrogens (tertiary/aromatic N) is 2. The molecule has 146 valence electrons. The lowest BCUT2D eigenvalue weighted by molar-refractivity contribution is 0.112. The van der Waals surface area contributed by atoms with Gasteiger partial charge in [-0.1, -0.05) is 12.1 Å². The number of methoxy groups -OCH3 is 2. The van der Waals surface area contributed by atoms with Crippen molar-refractivity contribution < 1.29 is 27.1 Å². The molecule has 2 aromatic heterocycles. The maximum atomic E-state index is 14.5. The SMILES string of the molecule is COc1ccc(S(=O)(=O)n2c(C)c(C=O)c(OC)c2-c2ccccc2F)cn1. The van der Waals surface area contributed by atoms with E-state index in [2.05, 4.69) is 4.98 Å². The van der Waals surface area contributed by atoms with E-state index in [1.54, 1.807) is 6.07 Å². The van der Waals surface area contributed by atoms with Crippen molar-refractivity contribution in [3.8, 4) is 22.9 Å². The molecule has 1 aromatic carbocycles. The van der Waals surface area contributed by atoms with Gasteiger partial charge in [0.05, 0.1) is 26.0 Å². The van der Waals surface area contributed by atoms with Gasteiger partial charge in [-0.05, 0) is 25.1 Å². The van der Waals surface area contributed by atoms with Crippen molar-refractivity contribution in [1.82, 2.24) is 8.96 Å². The predicted octanol–water partition coefficient (Wildman–Crippen LogP) is 3.06. The highest BCUT2D eigenvalue weighted by Gasteiger charge is 2.31. The van der Waals surface area contributed by atoms with Crippen molar-refractivity contribution >= 4 is 16.3 Å². The van der Waals surface area contributed by atoms with E-state index in [9.17, 15) is 17.6 Å². The van der Waals surface area contributed by atoms with Crippen molar-refractivity contribution in [3.05, 3.63) is 59.7 Å². The molecule has 0 saturated heterocycles. The molecular formula is C19H17FN2O5S. The number of aldehydes is 1. The van der Waals surface area contributed by atoms with Crippen LogP contribution in [0.2, 0.25) is 0 Å². The molecule has 0 N–H and O–H groups in total. The van der Waals surface area contributed by atoms with Gasteiger partial charge in [0, 0.05) is 17.3 Å². The molecule has 0 spiro atoms. The minimum Gasteiger partial charge on any atom is -0.494 e. The molecule has 9 heteroatoms. The summed E-state index contributed by atoms with van der Waals surface area (Å²) in [6.07, 6.45) is 1.61. The van der Waals surface area contributed by atoms with Crippen molar-refractivity contribution in [2.24, 2.45) is 0 Å². The molecule has 0 radical (unpaired) electrons. The number of hydrogen-bond donors (Lipinski definition) is 0. The zero-order chi connectivity index (χ0) is 20.5. The van der Waals surface area contributed by atoms with Crippen LogP contribution in [0.25, 0.3) is 11.3 Å². The first kappa shape index (κ1) is 19.6. The third-order valence-corrected chi connectivity index (χ3v) is 6.04. The largest absolute Gasteiger partial charge is 0.494 e. The molecule has 0 unspecified atom stereocenters. The summed E-state index contributed by atoms with van der Waals surface area (Å²) in [7, 11) is -1.52. The maximum Gasteiger partial charge on any atom is 0.270 e. The summed E-state index contributed by atoms with van der Waals surface area (Å²) < 4.78 is 52.4. The van der Waals surface area contributed by atoms with Crippen LogP contribution in [0, 0.1) is 12.7 Å². The first-order valence-electron chi connectivity index (χ1n) is 8.11. The highest BCUT2D eigenvalue weighted by Crippen LogP contribution is 2.40. The average molecular weight is 404 g/mol. The number of carbonyl (C=O) groups is 1. The minimum absolute atomic E-state index is 0.0133. The van der Waals surface area contributed by atoms with Gasteiger partial charge >= 0.3 is 0 Å². The molecular weight excluding hydrogens is 387 g/mol. The Morgan fingerprint density at radius 1 is 1.11 bits per heavy atom. The Morgan fingerprint density at radius 3 is 2.36 bits per heavy atom. The third kappa shape index (κ3) is 3.03. The second kappa shape index (κ2) is 7.43. The number of aromatic nitrogens is 2. The summed E-state index contributed by atoms with van der Waals surface area (Å²) in [6, 6.07) is 8.37. The minimum atomic E-state index is -4.22. The zero-order valence-electron chi connectivity index (χ0n) is 15.3. The highest BCUT2D eigenvalue weighted by atomic mass is 32.2. The van der Waals surface area contributed by atoms with Crippen LogP contribution in [0.4, 0.5) is 4.39 Å². The van der Waals surface area contributed by atoms with Crippen LogP contribution in [-0.2, 0) is 10.0 Å². The van der Waals surface area contributed by atoms with Gasteiger partial charge in [0.2, 0.25) is 5.88 Å². The molecule has 0 fully saturated rings. The third-order valence-electron chi connectivity index (χ3n) is 4.26. The smallest absolute Gasteiger partial charge is 0.270 e. The molecule has 7 nitrogen and oxygen atoms in total. The van der Waals surface area contributed by atoms with Crippen molar-refractivity contribution in [2.45, 2.75) is 11.8 Å². The van der Waals surface area contributed by atoms with E-state index in [1.165, 1.54) is 51.5 Å². The quantitative estimate of drug-likeness (QED) is 0.587. The molecule has 2 heterocycles. The number of halogens is 1. The molecule has 3 rings (SSSR count). The van der Waals surface area contributed by atoms with Gasteiger partial charge in [0.15, 0.2) is 12.0 Å². The standard InChI is InChI=1S/C19H17FN2O5S/c1-12-15(11-23)19(27-3)18(14-6-4-5-7-16(14)20)22(12)28(24,25)13-8-9-17(26-2)21-10-13/h4-11H,1-3H3. The topological polar surface area (TPSA) is 87.5 Å². The Bertz CT molecular complexity index is 1140. The maximum absolute atomic E-state index is 14.5. The fraction of sp³-hybridized carbons (Fsp3) is 0.158. The van der Waals surface area contributed by atoms with Crippen LogP contribution in [0.5, 0.6) is 11.6 Å². The first-order valence-corrected chi connectivity index (χ1v) is 9.55. The van der Waals surface area contributed by atoms with Gasteiger partial charge in [0.1, 0.15) is 16.4 Å². The van der Waals surface area contributed by atoms with Crippen LogP contribution in [-0.4, -0.2) is 37.9 Å². The van der Waals surface area contributed by atoms with Gasteiger partial charge in [-0.25, -0.2) is 21.8 Å². The fourth-order valence-corrected chi connectivity index (χ4v) is 4.45. The molecule has 0 saturated carbocycles. The van der Waals surface area contributed by atoms with Gasteiger partial charge in [0.25, 0.3) is 10.0 Å². The lowest BCUT2D eigenvalue weighted by atomic mass is 10.1. The van der Waals surface area contributed by atoms with E-state index < -0.39 is 15.8 Å². The van der Waals surface area contributed by atoms with Crippen LogP contribution in [0.1, 0.15) is 16.1 Å². The summed E-state index contributed by atoms with van der Waals surface area (Å²) in [5, 5.41) is 0. The summed E-state index contributed by atoms with van der Waals surface area (Å²) in [6.45, 7) is 1.45. The summed E-state index contributed by atoms with van der Waals surface area (Å²) in [5.74, 6) is -0.439. The van der Waals surface area contributed by atoms with E-state index in [-0.39, 0.29) is 39.0 Å². The molecule has 0 bridgehead atoms. The number of hydrogen-bond acceptors (Lipinski definition) is 6. The number of benzene rings is 1. The van der Waals surface area contributed by atoms with Crippen LogP contribution in [0.3, 0.4) is 0 Å². The highest BCUT2D eigenvalue weighted by molar-refractivity contribution is 7.90. The molecule has 0 aliphatic carbocycles. The van der Waals surface area contributed by atoms with Gasteiger partial charge < -0.3 is 9.47 Å². The molecule has 0 aliphatic rings. The number of pyridine rings is 1. The number of rotatable bonds is 6. The summed E-state index contributed by atoms with van der Waals surface area (Å²) in [5.41, 5.74) is 0.0309. The molecule has 3 aromatic rings. The van der Waals surface area contributed by atoms with Crippen molar-refractivity contribution in [3.63, 3.8) is 0 Å². The van der Waals surface area contributed by atoms with Crippen LogP contribution in [0.15, 0.2) is 47.5 Å². The Morgan fingerprint density at radius 2 is 1.82 bits per heavy atom.